The zero-order chi connectivity index (χ0) is 19.7. The van der Waals surface area contributed by atoms with E-state index in [4.69, 9.17) is 14.2 Å². The summed E-state index contributed by atoms with van der Waals surface area (Å²) in [6, 6.07) is 0. The summed E-state index contributed by atoms with van der Waals surface area (Å²) in [6.07, 6.45) is 5.45. The molecule has 0 heterocycles. The number of esters is 3. The van der Waals surface area contributed by atoms with Crippen molar-refractivity contribution in [1.82, 2.24) is 0 Å². The Morgan fingerprint density at radius 1 is 0.800 bits per heavy atom. The molecular formula is C18H28O7. The van der Waals surface area contributed by atoms with Gasteiger partial charge in [0.05, 0.1) is 12.0 Å². The van der Waals surface area contributed by atoms with Crippen molar-refractivity contribution < 1.29 is 33.7 Å². The van der Waals surface area contributed by atoms with Crippen LogP contribution >= 0.6 is 0 Å². The van der Waals surface area contributed by atoms with Gasteiger partial charge in [-0.3, -0.25) is 0 Å². The molecule has 0 saturated heterocycles. The van der Waals surface area contributed by atoms with Crippen molar-refractivity contribution in [2.45, 2.75) is 26.7 Å². The molecule has 0 aliphatic rings. The molecule has 7 nitrogen and oxygen atoms in total. The van der Waals surface area contributed by atoms with Gasteiger partial charge in [-0.2, -0.15) is 0 Å². The zero-order valence-corrected chi connectivity index (χ0v) is 15.0. The van der Waals surface area contributed by atoms with Crippen LogP contribution in [0, 0.1) is 5.41 Å². The highest BCUT2D eigenvalue weighted by Crippen LogP contribution is 2.19. The summed E-state index contributed by atoms with van der Waals surface area (Å²) in [7, 11) is 0. The van der Waals surface area contributed by atoms with Crippen LogP contribution in [0.5, 0.6) is 0 Å². The van der Waals surface area contributed by atoms with Crippen LogP contribution in [0.1, 0.15) is 26.7 Å². The molecule has 0 atom stereocenters. The van der Waals surface area contributed by atoms with Crippen molar-refractivity contribution in [3.05, 3.63) is 38.0 Å². The molecular weight excluding hydrogens is 328 g/mol. The molecule has 0 aromatic rings. The van der Waals surface area contributed by atoms with Crippen molar-refractivity contribution in [3.63, 3.8) is 0 Å². The summed E-state index contributed by atoms with van der Waals surface area (Å²) >= 11 is 0. The Hall–Kier alpha value is -2.41. The number of aliphatic hydroxyl groups excluding tert-OH is 1. The van der Waals surface area contributed by atoms with Gasteiger partial charge in [0.15, 0.2) is 0 Å². The molecule has 0 fully saturated rings. The first kappa shape index (κ1) is 24.8. The first-order valence-electron chi connectivity index (χ1n) is 7.83. The highest BCUT2D eigenvalue weighted by atomic mass is 16.6. The average Bonchev–Trinajstić information content (AvgIpc) is 2.66. The molecule has 0 amide bonds. The van der Waals surface area contributed by atoms with E-state index in [1.807, 2.05) is 0 Å². The van der Waals surface area contributed by atoms with Crippen molar-refractivity contribution in [3.8, 4) is 0 Å². The molecule has 0 spiro atoms. The number of unbranched alkanes of at least 4 members (excludes halogenated alkanes) is 1. The quantitative estimate of drug-likeness (QED) is 0.343. The number of carbonyl (C=O) groups is 3. The molecule has 25 heavy (non-hydrogen) atoms. The van der Waals surface area contributed by atoms with Crippen molar-refractivity contribution in [1.29, 1.82) is 0 Å². The van der Waals surface area contributed by atoms with E-state index < -0.39 is 29.9 Å². The maximum Gasteiger partial charge on any atom is 0.330 e. The van der Waals surface area contributed by atoms with Crippen molar-refractivity contribution in [2.24, 2.45) is 5.41 Å². The number of aliphatic hydroxyl groups is 1. The fourth-order valence-electron chi connectivity index (χ4n) is 1.11. The largest absolute Gasteiger partial charge is 0.462 e. The van der Waals surface area contributed by atoms with Crippen LogP contribution in [0.3, 0.4) is 0 Å². The van der Waals surface area contributed by atoms with E-state index in [-0.39, 0.29) is 19.8 Å². The molecule has 1 N–H and O–H groups in total. The maximum atomic E-state index is 11.1. The van der Waals surface area contributed by atoms with Crippen LogP contribution in [0.15, 0.2) is 38.0 Å². The second-order valence-corrected chi connectivity index (χ2v) is 5.09. The lowest BCUT2D eigenvalue weighted by atomic mass is 9.92. The predicted octanol–water partition coefficient (Wildman–Crippen LogP) is 1.96. The minimum Gasteiger partial charge on any atom is -0.462 e. The van der Waals surface area contributed by atoms with Gasteiger partial charge in [0.2, 0.25) is 0 Å². The normalized spacial score (nSPS) is 9.72. The Kier molecular flexibility index (Phi) is 15.0. The molecule has 0 rings (SSSR count). The Bertz CT molecular complexity index is 393. The third-order valence-electron chi connectivity index (χ3n) is 2.90. The fraction of sp³-hybridized carbons (Fsp3) is 0.500. The van der Waals surface area contributed by atoms with Gasteiger partial charge in [-0.1, -0.05) is 46.4 Å². The van der Waals surface area contributed by atoms with Crippen LogP contribution in [-0.2, 0) is 28.6 Å². The molecule has 0 saturated carbocycles. The Labute approximate surface area is 148 Å². The SMILES string of the molecule is C=CC(=O)OCC(CO)(COC(=O)C=C)COC(=O)C=C.CCCC. The monoisotopic (exact) mass is 356 g/mol. The van der Waals surface area contributed by atoms with Gasteiger partial charge in [-0.25, -0.2) is 14.4 Å². The summed E-state index contributed by atoms with van der Waals surface area (Å²) < 4.78 is 14.5. The van der Waals surface area contributed by atoms with E-state index in [2.05, 4.69) is 33.6 Å². The topological polar surface area (TPSA) is 99.1 Å². The zero-order valence-electron chi connectivity index (χ0n) is 15.0. The number of carbonyl (C=O) groups excluding carboxylic acids is 3. The Morgan fingerprint density at radius 3 is 1.24 bits per heavy atom. The minimum atomic E-state index is -1.28. The summed E-state index contributed by atoms with van der Waals surface area (Å²) in [5.41, 5.74) is -1.28. The van der Waals surface area contributed by atoms with Crippen LogP contribution < -0.4 is 0 Å². The number of hydrogen-bond acceptors (Lipinski definition) is 7. The molecule has 0 aliphatic carbocycles. The van der Waals surface area contributed by atoms with E-state index in [0.717, 1.165) is 18.2 Å². The van der Waals surface area contributed by atoms with Crippen LogP contribution in [0.25, 0.3) is 0 Å². The smallest absolute Gasteiger partial charge is 0.330 e. The standard InChI is InChI=1S/C14H18O7.C4H10/c1-4-11(16)19-8-14(7-15,9-20-12(17)5-2)10-21-13(18)6-3;1-3-4-2/h4-6,15H,1-3,7-10H2;3-4H2,1-2H3. The van der Waals surface area contributed by atoms with E-state index >= 15 is 0 Å². The first-order valence-corrected chi connectivity index (χ1v) is 7.83. The Balaban J connectivity index is 0. The molecule has 142 valence electrons. The maximum absolute atomic E-state index is 11.1. The van der Waals surface area contributed by atoms with Gasteiger partial charge in [0.1, 0.15) is 19.8 Å². The lowest BCUT2D eigenvalue weighted by Gasteiger charge is -2.29. The van der Waals surface area contributed by atoms with Gasteiger partial charge in [0, 0.05) is 18.2 Å². The number of ether oxygens (including phenoxy) is 3. The Morgan fingerprint density at radius 2 is 1.08 bits per heavy atom. The van der Waals surface area contributed by atoms with Gasteiger partial charge in [-0.05, 0) is 0 Å². The summed E-state index contributed by atoms with van der Waals surface area (Å²) in [5, 5.41) is 9.48. The van der Waals surface area contributed by atoms with Crippen LogP contribution in [0.2, 0.25) is 0 Å². The van der Waals surface area contributed by atoms with Gasteiger partial charge >= 0.3 is 17.9 Å². The third-order valence-corrected chi connectivity index (χ3v) is 2.90. The van der Waals surface area contributed by atoms with Crippen molar-refractivity contribution >= 4 is 17.9 Å². The second kappa shape index (κ2) is 15.1. The lowest BCUT2D eigenvalue weighted by molar-refractivity contribution is -0.159. The predicted molar refractivity (Wildman–Crippen MR) is 93.6 cm³/mol. The highest BCUT2D eigenvalue weighted by Gasteiger charge is 2.35. The average molecular weight is 356 g/mol. The molecule has 0 aromatic heterocycles. The fourth-order valence-corrected chi connectivity index (χ4v) is 1.11. The molecule has 0 radical (unpaired) electrons. The second-order valence-electron chi connectivity index (χ2n) is 5.09. The van der Waals surface area contributed by atoms with E-state index in [0.29, 0.717) is 0 Å². The minimum absolute atomic E-state index is 0.330. The molecule has 0 bridgehead atoms. The molecule has 0 aromatic carbocycles. The first-order chi connectivity index (χ1) is 11.8. The lowest BCUT2D eigenvalue weighted by Crippen LogP contribution is -2.42. The molecule has 0 unspecified atom stereocenters. The number of hydrogen-bond donors (Lipinski definition) is 1. The van der Waals surface area contributed by atoms with E-state index in [1.165, 1.54) is 12.8 Å². The summed E-state index contributed by atoms with van der Waals surface area (Å²) in [4.78, 5) is 33.3. The van der Waals surface area contributed by atoms with Gasteiger partial charge in [0.25, 0.3) is 0 Å². The van der Waals surface area contributed by atoms with E-state index in [9.17, 15) is 19.5 Å². The van der Waals surface area contributed by atoms with Crippen molar-refractivity contribution in [2.75, 3.05) is 26.4 Å². The van der Waals surface area contributed by atoms with Crippen LogP contribution in [-0.4, -0.2) is 49.4 Å². The van der Waals surface area contributed by atoms with Gasteiger partial charge in [-0.15, -0.1) is 0 Å². The van der Waals surface area contributed by atoms with Gasteiger partial charge < -0.3 is 19.3 Å². The van der Waals surface area contributed by atoms with E-state index in [1.54, 1.807) is 0 Å². The summed E-state index contributed by atoms with van der Waals surface area (Å²) in [6.45, 7) is 12.5. The summed E-state index contributed by atoms with van der Waals surface area (Å²) in [5.74, 6) is -2.17. The number of rotatable bonds is 11. The molecule has 0 aliphatic heterocycles. The highest BCUT2D eigenvalue weighted by molar-refractivity contribution is 5.82. The molecule has 7 heteroatoms. The van der Waals surface area contributed by atoms with Crippen LogP contribution in [0.4, 0.5) is 0 Å². The third kappa shape index (κ3) is 12.7.